The minimum Gasteiger partial charge on any atom is -0.490 e. The van der Waals surface area contributed by atoms with E-state index in [4.69, 9.17) is 10.00 Å². The average Bonchev–Trinajstić information content (AvgIpc) is 3.38. The molecule has 1 saturated carbocycles. The third-order valence-electron chi connectivity index (χ3n) is 4.76. The zero-order valence-corrected chi connectivity index (χ0v) is 15.4. The first kappa shape index (κ1) is 17.9. The van der Waals surface area contributed by atoms with Crippen LogP contribution in [0.5, 0.6) is 5.75 Å². The van der Waals surface area contributed by atoms with Crippen molar-refractivity contribution in [2.24, 2.45) is 0 Å². The topological polar surface area (TPSA) is 99.5 Å². The second-order valence-corrected chi connectivity index (χ2v) is 6.78. The Bertz CT molecular complexity index is 1020. The highest BCUT2D eigenvalue weighted by atomic mass is 19.1. The van der Waals surface area contributed by atoms with Crippen LogP contribution in [-0.4, -0.2) is 26.3 Å². The first-order chi connectivity index (χ1) is 13.6. The molecule has 1 aliphatic carbocycles. The van der Waals surface area contributed by atoms with Crippen LogP contribution in [0.15, 0.2) is 30.6 Å². The van der Waals surface area contributed by atoms with Crippen molar-refractivity contribution in [1.29, 1.82) is 5.26 Å². The van der Waals surface area contributed by atoms with Crippen molar-refractivity contribution >= 4 is 11.6 Å². The number of anilines is 2. The molecule has 2 N–H and O–H groups in total. The summed E-state index contributed by atoms with van der Waals surface area (Å²) in [6.07, 6.45) is 7.18. The number of halogens is 1. The molecule has 0 unspecified atom stereocenters. The number of nitrogens with zero attached hydrogens (tertiary/aromatic N) is 4. The standard InChI is InChI=1S/C20H19FN6O/c1-12-6-7-16(28-14-4-2-3-5-14)19(20(12)21)15-8-17(27-26-15)25-18-11-23-13(9-22)10-24-18/h6-8,10-11,14H,2-5H2,1H3,(H2,24,25,26,27). The molecule has 0 bridgehead atoms. The summed E-state index contributed by atoms with van der Waals surface area (Å²) in [5.41, 5.74) is 1.65. The predicted octanol–water partition coefficient (Wildman–Crippen LogP) is 4.25. The summed E-state index contributed by atoms with van der Waals surface area (Å²) in [6, 6.07) is 7.14. The van der Waals surface area contributed by atoms with Crippen molar-refractivity contribution in [2.75, 3.05) is 5.32 Å². The molecule has 1 fully saturated rings. The summed E-state index contributed by atoms with van der Waals surface area (Å²) in [5, 5.41) is 18.8. The Labute approximate surface area is 161 Å². The minimum atomic E-state index is -0.330. The van der Waals surface area contributed by atoms with Crippen LogP contribution in [0.3, 0.4) is 0 Å². The van der Waals surface area contributed by atoms with Gasteiger partial charge in [0.15, 0.2) is 11.5 Å². The molecule has 3 aromatic rings. The quantitative estimate of drug-likeness (QED) is 0.688. The lowest BCUT2D eigenvalue weighted by Gasteiger charge is -2.17. The largest absolute Gasteiger partial charge is 0.490 e. The molecule has 2 heterocycles. The predicted molar refractivity (Wildman–Crippen MR) is 102 cm³/mol. The molecule has 0 spiro atoms. The van der Waals surface area contributed by atoms with E-state index in [-0.39, 0.29) is 17.6 Å². The van der Waals surface area contributed by atoms with Gasteiger partial charge in [-0.3, -0.25) is 5.10 Å². The van der Waals surface area contributed by atoms with Gasteiger partial charge in [0, 0.05) is 6.07 Å². The van der Waals surface area contributed by atoms with E-state index < -0.39 is 0 Å². The number of rotatable bonds is 5. The van der Waals surface area contributed by atoms with E-state index in [1.807, 2.05) is 12.1 Å². The summed E-state index contributed by atoms with van der Waals surface area (Å²) in [7, 11) is 0. The summed E-state index contributed by atoms with van der Waals surface area (Å²) in [5.74, 6) is 1.08. The van der Waals surface area contributed by atoms with Crippen molar-refractivity contribution in [3.63, 3.8) is 0 Å². The number of H-pyrrole nitrogens is 1. The number of benzene rings is 1. The van der Waals surface area contributed by atoms with Crippen LogP contribution in [0.25, 0.3) is 11.3 Å². The van der Waals surface area contributed by atoms with Gasteiger partial charge in [0.2, 0.25) is 0 Å². The second-order valence-electron chi connectivity index (χ2n) is 6.78. The van der Waals surface area contributed by atoms with Crippen molar-refractivity contribution < 1.29 is 9.13 Å². The lowest BCUT2D eigenvalue weighted by molar-refractivity contribution is 0.210. The summed E-state index contributed by atoms with van der Waals surface area (Å²) >= 11 is 0. The van der Waals surface area contributed by atoms with Crippen LogP contribution in [-0.2, 0) is 0 Å². The van der Waals surface area contributed by atoms with Gasteiger partial charge < -0.3 is 10.1 Å². The van der Waals surface area contributed by atoms with Gasteiger partial charge in [0.05, 0.1) is 29.8 Å². The zero-order chi connectivity index (χ0) is 19.5. The van der Waals surface area contributed by atoms with Gasteiger partial charge in [-0.25, -0.2) is 14.4 Å². The van der Waals surface area contributed by atoms with Gasteiger partial charge in [-0.05, 0) is 44.2 Å². The molecule has 28 heavy (non-hydrogen) atoms. The highest BCUT2D eigenvalue weighted by molar-refractivity contribution is 5.72. The fraction of sp³-hybridized carbons (Fsp3) is 0.300. The third-order valence-corrected chi connectivity index (χ3v) is 4.76. The summed E-state index contributed by atoms with van der Waals surface area (Å²) < 4.78 is 21.0. The van der Waals surface area contributed by atoms with Crippen molar-refractivity contribution in [3.05, 3.63) is 47.7 Å². The van der Waals surface area contributed by atoms with Crippen molar-refractivity contribution in [3.8, 4) is 23.1 Å². The van der Waals surface area contributed by atoms with Crippen LogP contribution in [0, 0.1) is 24.1 Å². The number of hydrogen-bond donors (Lipinski definition) is 2. The van der Waals surface area contributed by atoms with E-state index in [1.54, 1.807) is 19.1 Å². The summed E-state index contributed by atoms with van der Waals surface area (Å²) in [4.78, 5) is 8.05. The van der Waals surface area contributed by atoms with Crippen LogP contribution in [0.4, 0.5) is 16.0 Å². The normalized spacial score (nSPS) is 14.0. The van der Waals surface area contributed by atoms with E-state index in [2.05, 4.69) is 25.5 Å². The summed E-state index contributed by atoms with van der Waals surface area (Å²) in [6.45, 7) is 1.72. The molecular weight excluding hydrogens is 359 g/mol. The molecule has 1 aliphatic rings. The molecule has 7 nitrogen and oxygen atoms in total. The van der Waals surface area contributed by atoms with E-state index in [1.165, 1.54) is 12.4 Å². The lowest BCUT2D eigenvalue weighted by atomic mass is 10.1. The molecule has 0 atom stereocenters. The Hall–Kier alpha value is -3.47. The maximum absolute atomic E-state index is 14.9. The molecule has 142 valence electrons. The van der Waals surface area contributed by atoms with Gasteiger partial charge in [-0.2, -0.15) is 10.4 Å². The minimum absolute atomic E-state index is 0.121. The van der Waals surface area contributed by atoms with Crippen molar-refractivity contribution in [1.82, 2.24) is 20.2 Å². The number of aromatic nitrogens is 4. The average molecular weight is 378 g/mol. The molecule has 2 aromatic heterocycles. The molecule has 1 aromatic carbocycles. The first-order valence-corrected chi connectivity index (χ1v) is 9.15. The molecule has 8 heteroatoms. The lowest BCUT2D eigenvalue weighted by Crippen LogP contribution is -2.12. The Morgan fingerprint density at radius 2 is 2.04 bits per heavy atom. The Morgan fingerprint density at radius 3 is 2.75 bits per heavy atom. The van der Waals surface area contributed by atoms with Crippen molar-refractivity contribution in [2.45, 2.75) is 38.7 Å². The molecule has 4 rings (SSSR count). The number of nitrogens with one attached hydrogen (secondary N) is 2. The van der Waals surface area contributed by atoms with Gasteiger partial charge >= 0.3 is 0 Å². The van der Waals surface area contributed by atoms with Gasteiger partial charge in [-0.1, -0.05) is 6.07 Å². The molecule has 0 amide bonds. The molecule has 0 saturated heterocycles. The van der Waals surface area contributed by atoms with Crippen LogP contribution < -0.4 is 10.1 Å². The Kier molecular flexibility index (Phi) is 4.89. The Balaban J connectivity index is 1.61. The highest BCUT2D eigenvalue weighted by Gasteiger charge is 2.22. The number of aryl methyl sites for hydroxylation is 1. The fourth-order valence-electron chi connectivity index (χ4n) is 3.29. The number of aromatic amines is 1. The van der Waals surface area contributed by atoms with Crippen LogP contribution in [0.1, 0.15) is 36.9 Å². The maximum atomic E-state index is 14.9. The second kappa shape index (κ2) is 7.64. The fourth-order valence-corrected chi connectivity index (χ4v) is 3.29. The number of nitriles is 1. The van der Waals surface area contributed by atoms with Crippen LogP contribution >= 0.6 is 0 Å². The monoisotopic (exact) mass is 378 g/mol. The molecular formula is C20H19FN6O. The Morgan fingerprint density at radius 1 is 1.21 bits per heavy atom. The number of ether oxygens (including phenoxy) is 1. The molecule has 0 radical (unpaired) electrons. The first-order valence-electron chi connectivity index (χ1n) is 9.15. The highest BCUT2D eigenvalue weighted by Crippen LogP contribution is 2.36. The SMILES string of the molecule is Cc1ccc(OC2CCCC2)c(-c2cc(Nc3cnc(C#N)cn3)n[nH]2)c1F. The maximum Gasteiger partial charge on any atom is 0.158 e. The van der Waals surface area contributed by atoms with Gasteiger partial charge in [0.1, 0.15) is 23.5 Å². The zero-order valence-electron chi connectivity index (χ0n) is 15.4. The van der Waals surface area contributed by atoms with E-state index in [9.17, 15) is 4.39 Å². The van der Waals surface area contributed by atoms with Gasteiger partial charge in [-0.15, -0.1) is 0 Å². The van der Waals surface area contributed by atoms with E-state index >= 15 is 0 Å². The molecule has 0 aliphatic heterocycles. The van der Waals surface area contributed by atoms with E-state index in [0.717, 1.165) is 25.7 Å². The van der Waals surface area contributed by atoms with E-state index in [0.29, 0.717) is 34.2 Å². The number of hydrogen-bond acceptors (Lipinski definition) is 6. The van der Waals surface area contributed by atoms with Gasteiger partial charge in [0.25, 0.3) is 0 Å². The smallest absolute Gasteiger partial charge is 0.158 e. The van der Waals surface area contributed by atoms with Crippen LogP contribution in [0.2, 0.25) is 0 Å². The third kappa shape index (κ3) is 3.64.